The molecule has 2 unspecified atom stereocenters. The molecule has 0 saturated carbocycles. The summed E-state index contributed by atoms with van der Waals surface area (Å²) in [5.41, 5.74) is 5.21. The Hall–Kier alpha value is -0.360. The fraction of sp³-hybridized carbons (Fsp3) is 1.00. The number of likely N-dealkylation sites (tertiary alicyclic amines) is 1. The molecule has 2 nitrogen and oxygen atoms in total. The summed E-state index contributed by atoms with van der Waals surface area (Å²) in [6.07, 6.45) is -5.94. The Morgan fingerprint density at radius 2 is 1.92 bits per heavy atom. The predicted octanol–water partition coefficient (Wildman–Crippen LogP) is 0.877. The quantitative estimate of drug-likeness (QED) is 0.449. The van der Waals surface area contributed by atoms with Gasteiger partial charge in [-0.2, -0.15) is 13.2 Å². The minimum atomic E-state index is -4.43. The second-order valence-corrected chi connectivity index (χ2v) is 2.88. The van der Waals surface area contributed by atoms with Crippen LogP contribution in [0.25, 0.3) is 0 Å². The third kappa shape index (κ3) is 2.07. The topological polar surface area (TPSA) is 29.3 Å². The lowest BCUT2D eigenvalue weighted by atomic mass is 10.1. The van der Waals surface area contributed by atoms with Crippen LogP contribution in [-0.2, 0) is 0 Å². The van der Waals surface area contributed by atoms with Crippen LogP contribution in [0.5, 0.6) is 0 Å². The molecule has 0 bridgehead atoms. The molecule has 1 aliphatic rings. The minimum absolute atomic E-state index is 0.0562. The number of rotatable bonds is 0. The van der Waals surface area contributed by atoms with Crippen LogP contribution in [-0.4, -0.2) is 36.5 Å². The van der Waals surface area contributed by atoms with Crippen molar-refractivity contribution < 1.29 is 17.6 Å². The van der Waals surface area contributed by atoms with E-state index in [9.17, 15) is 17.6 Å². The Balaban J connectivity index is 2.51. The van der Waals surface area contributed by atoms with E-state index in [1.807, 2.05) is 0 Å². The monoisotopic (exact) mass is 186 g/mol. The summed E-state index contributed by atoms with van der Waals surface area (Å²) in [4.78, 5) is 0.154. The number of hydrogen-bond donors (Lipinski definition) is 1. The van der Waals surface area contributed by atoms with Gasteiger partial charge in [-0.1, -0.05) is 0 Å². The predicted molar refractivity (Wildman–Crippen MR) is 35.1 cm³/mol. The maximum atomic E-state index is 12.7. The van der Waals surface area contributed by atoms with E-state index in [1.54, 1.807) is 0 Å². The summed E-state index contributed by atoms with van der Waals surface area (Å²) in [7, 11) is 0. The van der Waals surface area contributed by atoms with Crippen LogP contribution in [0.4, 0.5) is 17.6 Å². The van der Waals surface area contributed by atoms with Gasteiger partial charge in [0.25, 0.3) is 0 Å². The van der Waals surface area contributed by atoms with Crippen LogP contribution < -0.4 is 5.73 Å². The highest BCUT2D eigenvalue weighted by molar-refractivity contribution is 4.83. The van der Waals surface area contributed by atoms with Gasteiger partial charge in [-0.05, 0) is 6.42 Å². The van der Waals surface area contributed by atoms with E-state index in [0.717, 1.165) is 0 Å². The van der Waals surface area contributed by atoms with Crippen LogP contribution >= 0.6 is 0 Å². The van der Waals surface area contributed by atoms with Crippen molar-refractivity contribution in [1.29, 1.82) is 0 Å². The Labute approximate surface area is 67.3 Å². The Kier molecular flexibility index (Phi) is 2.58. The molecular formula is C6H10F4N2. The second-order valence-electron chi connectivity index (χ2n) is 2.88. The van der Waals surface area contributed by atoms with Gasteiger partial charge in [0.15, 0.2) is 0 Å². The van der Waals surface area contributed by atoms with Crippen molar-refractivity contribution in [2.75, 3.05) is 13.1 Å². The molecule has 6 heteroatoms. The molecule has 12 heavy (non-hydrogen) atoms. The third-order valence-electron chi connectivity index (χ3n) is 1.95. The molecule has 0 aromatic carbocycles. The van der Waals surface area contributed by atoms with E-state index in [2.05, 4.69) is 0 Å². The molecular weight excluding hydrogens is 176 g/mol. The van der Waals surface area contributed by atoms with Crippen molar-refractivity contribution in [2.24, 2.45) is 5.73 Å². The highest BCUT2D eigenvalue weighted by atomic mass is 19.4. The second kappa shape index (κ2) is 3.18. The lowest BCUT2D eigenvalue weighted by Gasteiger charge is -2.33. The SMILES string of the molecule is NC1CCN(C(F)(F)F)CC1F. The normalized spacial score (nSPS) is 33.8. The smallest absolute Gasteiger partial charge is 0.325 e. The highest BCUT2D eigenvalue weighted by Gasteiger charge is 2.42. The Morgan fingerprint density at radius 1 is 1.33 bits per heavy atom. The zero-order valence-corrected chi connectivity index (χ0v) is 6.31. The molecule has 1 aliphatic heterocycles. The molecule has 1 saturated heterocycles. The van der Waals surface area contributed by atoms with Crippen molar-refractivity contribution in [1.82, 2.24) is 4.90 Å². The van der Waals surface area contributed by atoms with E-state index < -0.39 is 25.1 Å². The van der Waals surface area contributed by atoms with E-state index in [-0.39, 0.29) is 17.9 Å². The fourth-order valence-corrected chi connectivity index (χ4v) is 1.15. The van der Waals surface area contributed by atoms with Gasteiger partial charge in [-0.15, -0.1) is 0 Å². The van der Waals surface area contributed by atoms with Crippen LogP contribution in [0.2, 0.25) is 0 Å². The number of nitrogens with zero attached hydrogens (tertiary/aromatic N) is 1. The van der Waals surface area contributed by atoms with Gasteiger partial charge in [0, 0.05) is 19.1 Å². The minimum Gasteiger partial charge on any atom is -0.325 e. The summed E-state index contributed by atoms with van der Waals surface area (Å²) < 4.78 is 48.6. The first-order valence-corrected chi connectivity index (χ1v) is 3.62. The van der Waals surface area contributed by atoms with Crippen molar-refractivity contribution in [3.8, 4) is 0 Å². The molecule has 1 rings (SSSR count). The molecule has 72 valence electrons. The van der Waals surface area contributed by atoms with Gasteiger partial charge in [0.1, 0.15) is 6.17 Å². The average molecular weight is 186 g/mol. The zero-order chi connectivity index (χ0) is 9.35. The van der Waals surface area contributed by atoms with Crippen LogP contribution in [0.1, 0.15) is 6.42 Å². The molecule has 0 spiro atoms. The average Bonchev–Trinajstić information content (AvgIpc) is 1.92. The van der Waals surface area contributed by atoms with Gasteiger partial charge >= 0.3 is 6.30 Å². The summed E-state index contributed by atoms with van der Waals surface area (Å²) in [5, 5.41) is 0. The molecule has 1 fully saturated rings. The van der Waals surface area contributed by atoms with Gasteiger partial charge in [-0.25, -0.2) is 9.29 Å². The third-order valence-corrected chi connectivity index (χ3v) is 1.95. The standard InChI is InChI=1S/C6H10F4N2/c7-4-3-12(6(8,9)10)2-1-5(4)11/h4-5H,1-3,11H2. The van der Waals surface area contributed by atoms with Gasteiger partial charge in [0.05, 0.1) is 0 Å². The summed E-state index contributed by atoms with van der Waals surface area (Å²) in [5.74, 6) is 0. The van der Waals surface area contributed by atoms with Crippen molar-refractivity contribution in [2.45, 2.75) is 24.9 Å². The van der Waals surface area contributed by atoms with E-state index >= 15 is 0 Å². The summed E-state index contributed by atoms with van der Waals surface area (Å²) in [6, 6.07) is -0.747. The van der Waals surface area contributed by atoms with Crippen molar-refractivity contribution >= 4 is 0 Å². The van der Waals surface area contributed by atoms with Crippen LogP contribution in [0.3, 0.4) is 0 Å². The number of halogens is 4. The first-order valence-electron chi connectivity index (χ1n) is 3.62. The molecule has 0 amide bonds. The molecule has 0 radical (unpaired) electrons. The maximum absolute atomic E-state index is 12.7. The molecule has 2 atom stereocenters. The van der Waals surface area contributed by atoms with Gasteiger partial charge in [-0.3, -0.25) is 0 Å². The van der Waals surface area contributed by atoms with E-state index in [0.29, 0.717) is 0 Å². The Bertz CT molecular complexity index is 158. The zero-order valence-electron chi connectivity index (χ0n) is 6.31. The lowest BCUT2D eigenvalue weighted by Crippen LogP contribution is -2.53. The van der Waals surface area contributed by atoms with Crippen molar-refractivity contribution in [3.05, 3.63) is 0 Å². The first kappa shape index (κ1) is 9.73. The number of hydrogen-bond acceptors (Lipinski definition) is 2. The lowest BCUT2D eigenvalue weighted by molar-refractivity contribution is -0.254. The van der Waals surface area contributed by atoms with E-state index in [1.165, 1.54) is 0 Å². The Morgan fingerprint density at radius 3 is 2.33 bits per heavy atom. The number of piperidine rings is 1. The fourth-order valence-electron chi connectivity index (χ4n) is 1.15. The highest BCUT2D eigenvalue weighted by Crippen LogP contribution is 2.25. The maximum Gasteiger partial charge on any atom is 0.460 e. The number of alkyl halides is 4. The molecule has 0 aliphatic carbocycles. The molecule has 0 aromatic rings. The molecule has 2 N–H and O–H groups in total. The summed E-state index contributed by atoms with van der Waals surface area (Å²) >= 11 is 0. The van der Waals surface area contributed by atoms with E-state index in [4.69, 9.17) is 5.73 Å². The van der Waals surface area contributed by atoms with Crippen LogP contribution in [0, 0.1) is 0 Å². The van der Waals surface area contributed by atoms with Crippen molar-refractivity contribution in [3.63, 3.8) is 0 Å². The van der Waals surface area contributed by atoms with Gasteiger partial charge in [0.2, 0.25) is 0 Å². The largest absolute Gasteiger partial charge is 0.460 e. The molecule has 0 aromatic heterocycles. The first-order chi connectivity index (χ1) is 5.41. The van der Waals surface area contributed by atoms with Gasteiger partial charge < -0.3 is 5.73 Å². The summed E-state index contributed by atoms with van der Waals surface area (Å²) in [6.45, 7) is -0.838. The molecule has 1 heterocycles. The number of nitrogens with two attached hydrogens (primary N) is 1. The van der Waals surface area contributed by atoms with Crippen LogP contribution in [0.15, 0.2) is 0 Å².